The number of esters is 1. The fraction of sp³-hybridized carbons (Fsp3) is 0.891. The van der Waals surface area contributed by atoms with Gasteiger partial charge in [0.2, 0.25) is 5.91 Å². The third kappa shape index (κ3) is 47.7. The van der Waals surface area contributed by atoms with E-state index < -0.39 is 12.1 Å². The van der Waals surface area contributed by atoms with Gasteiger partial charge in [-0.3, -0.25) is 9.59 Å². The zero-order chi connectivity index (χ0) is 44.4. The zero-order valence-electron chi connectivity index (χ0n) is 40.9. The van der Waals surface area contributed by atoms with Crippen molar-refractivity contribution in [3.63, 3.8) is 0 Å². The van der Waals surface area contributed by atoms with Crippen molar-refractivity contribution < 1.29 is 24.5 Å². The average Bonchev–Trinajstić information content (AvgIpc) is 3.26. The summed E-state index contributed by atoms with van der Waals surface area (Å²) in [4.78, 5) is 24.5. The lowest BCUT2D eigenvalue weighted by atomic mass is 10.0. The van der Waals surface area contributed by atoms with Crippen molar-refractivity contribution in [2.24, 2.45) is 0 Å². The van der Waals surface area contributed by atoms with Crippen molar-refractivity contribution >= 4 is 11.9 Å². The third-order valence-electron chi connectivity index (χ3n) is 12.5. The summed E-state index contributed by atoms with van der Waals surface area (Å²) >= 11 is 0. The predicted molar refractivity (Wildman–Crippen MR) is 264 cm³/mol. The number of allylic oxidation sites excluding steroid dienone is 4. The highest BCUT2D eigenvalue weighted by Crippen LogP contribution is 2.17. The van der Waals surface area contributed by atoms with E-state index in [0.29, 0.717) is 25.9 Å². The first-order valence-electron chi connectivity index (χ1n) is 27.1. The molecule has 0 rings (SSSR count). The van der Waals surface area contributed by atoms with Gasteiger partial charge in [0.05, 0.1) is 25.4 Å². The first-order valence-corrected chi connectivity index (χ1v) is 27.1. The van der Waals surface area contributed by atoms with Gasteiger partial charge in [-0.15, -0.1) is 0 Å². The summed E-state index contributed by atoms with van der Waals surface area (Å²) in [5.41, 5.74) is 0. The number of hydrogen-bond acceptors (Lipinski definition) is 5. The number of rotatable bonds is 50. The zero-order valence-corrected chi connectivity index (χ0v) is 40.9. The summed E-state index contributed by atoms with van der Waals surface area (Å²) in [5, 5.41) is 23.3. The molecule has 0 aromatic rings. The van der Waals surface area contributed by atoms with E-state index in [1.165, 1.54) is 199 Å². The molecule has 0 aliphatic carbocycles. The van der Waals surface area contributed by atoms with Crippen LogP contribution < -0.4 is 5.32 Å². The Labute approximate surface area is 380 Å². The largest absolute Gasteiger partial charge is 0.466 e. The van der Waals surface area contributed by atoms with E-state index in [1.807, 2.05) is 0 Å². The van der Waals surface area contributed by atoms with Crippen molar-refractivity contribution in [3.8, 4) is 0 Å². The molecule has 0 aliphatic heterocycles. The Morgan fingerprint density at radius 3 is 1.31 bits per heavy atom. The number of amides is 1. The number of carbonyl (C=O) groups excluding carboxylic acids is 2. The molecule has 3 N–H and O–H groups in total. The molecule has 360 valence electrons. The van der Waals surface area contributed by atoms with Gasteiger partial charge in [0.15, 0.2) is 0 Å². The second-order valence-electron chi connectivity index (χ2n) is 18.6. The molecule has 0 aromatic heterocycles. The van der Waals surface area contributed by atoms with Gasteiger partial charge in [0, 0.05) is 12.8 Å². The summed E-state index contributed by atoms with van der Waals surface area (Å²) in [6, 6.07) is -0.548. The van der Waals surface area contributed by atoms with Gasteiger partial charge in [-0.2, -0.15) is 0 Å². The summed E-state index contributed by atoms with van der Waals surface area (Å²) in [6.45, 7) is 4.87. The summed E-state index contributed by atoms with van der Waals surface area (Å²) in [5.74, 6) is -0.0573. The van der Waals surface area contributed by atoms with E-state index in [4.69, 9.17) is 4.74 Å². The predicted octanol–water partition coefficient (Wildman–Crippen LogP) is 16.3. The van der Waals surface area contributed by atoms with Gasteiger partial charge in [0.1, 0.15) is 0 Å². The van der Waals surface area contributed by atoms with Crippen molar-refractivity contribution in [1.29, 1.82) is 0 Å². The topological polar surface area (TPSA) is 95.9 Å². The first-order chi connectivity index (χ1) is 30.0. The Bertz CT molecular complexity index is 951. The van der Waals surface area contributed by atoms with Crippen molar-refractivity contribution in [2.45, 2.75) is 302 Å². The summed E-state index contributed by atoms with van der Waals surface area (Å²) < 4.78 is 5.45. The maximum atomic E-state index is 12.5. The molecule has 0 saturated carbocycles. The van der Waals surface area contributed by atoms with Crippen LogP contribution >= 0.6 is 0 Å². The van der Waals surface area contributed by atoms with Crippen molar-refractivity contribution in [2.75, 3.05) is 13.2 Å². The van der Waals surface area contributed by atoms with E-state index in [0.717, 1.165) is 57.8 Å². The molecule has 2 atom stereocenters. The molecule has 0 fully saturated rings. The monoisotopic (exact) mass is 860 g/mol. The van der Waals surface area contributed by atoms with Gasteiger partial charge >= 0.3 is 5.97 Å². The van der Waals surface area contributed by atoms with Crippen LogP contribution in [0.5, 0.6) is 0 Å². The number of unbranched alkanes of at least 4 members (excludes halogenated alkanes) is 35. The normalized spacial score (nSPS) is 12.8. The molecule has 0 aliphatic rings. The van der Waals surface area contributed by atoms with E-state index in [-0.39, 0.29) is 18.5 Å². The molecule has 0 radical (unpaired) electrons. The fourth-order valence-corrected chi connectivity index (χ4v) is 8.32. The van der Waals surface area contributed by atoms with Crippen LogP contribution in [-0.4, -0.2) is 47.4 Å². The Morgan fingerprint density at radius 2 is 0.852 bits per heavy atom. The van der Waals surface area contributed by atoms with Crippen LogP contribution in [0.15, 0.2) is 24.3 Å². The van der Waals surface area contributed by atoms with Crippen LogP contribution in [0.4, 0.5) is 0 Å². The smallest absolute Gasteiger partial charge is 0.305 e. The number of nitrogens with one attached hydrogen (secondary N) is 1. The highest BCUT2D eigenvalue weighted by Gasteiger charge is 2.20. The first kappa shape index (κ1) is 59.3. The van der Waals surface area contributed by atoms with Gasteiger partial charge in [-0.1, -0.05) is 250 Å². The second-order valence-corrected chi connectivity index (χ2v) is 18.6. The molecular formula is C55H105NO5. The quantitative estimate of drug-likeness (QED) is 0.0322. The van der Waals surface area contributed by atoms with E-state index in [9.17, 15) is 19.8 Å². The van der Waals surface area contributed by atoms with Gasteiger partial charge in [-0.25, -0.2) is 0 Å². The number of aliphatic hydroxyl groups is 2. The van der Waals surface area contributed by atoms with Crippen LogP contribution in [0.1, 0.15) is 290 Å². The Balaban J connectivity index is 3.44. The molecular weight excluding hydrogens is 755 g/mol. The Kier molecular flexibility index (Phi) is 49.6. The van der Waals surface area contributed by atoms with Gasteiger partial charge in [0.25, 0.3) is 0 Å². The fourth-order valence-electron chi connectivity index (χ4n) is 8.32. The molecule has 6 heteroatoms. The SMILES string of the molecule is CCC/C=C\C/C=C\CCCCCCCC(=O)OCCCCCCCCCCCCCCCCCC(=O)NC(CO)C(O)CCCCCCCCCCCCCCCCCC. The van der Waals surface area contributed by atoms with E-state index in [2.05, 4.69) is 43.5 Å². The maximum Gasteiger partial charge on any atom is 0.305 e. The Hall–Kier alpha value is -1.66. The van der Waals surface area contributed by atoms with Crippen molar-refractivity contribution in [1.82, 2.24) is 5.32 Å². The molecule has 0 aromatic carbocycles. The number of carbonyl (C=O) groups is 2. The van der Waals surface area contributed by atoms with Crippen LogP contribution in [0.2, 0.25) is 0 Å². The Morgan fingerprint density at radius 1 is 0.459 bits per heavy atom. The maximum absolute atomic E-state index is 12.5. The minimum Gasteiger partial charge on any atom is -0.466 e. The molecule has 2 unspecified atom stereocenters. The number of ether oxygens (including phenoxy) is 1. The third-order valence-corrected chi connectivity index (χ3v) is 12.5. The molecule has 1 amide bonds. The van der Waals surface area contributed by atoms with Gasteiger partial charge < -0.3 is 20.3 Å². The molecule has 0 spiro atoms. The lowest BCUT2D eigenvalue weighted by molar-refractivity contribution is -0.143. The lowest BCUT2D eigenvalue weighted by Crippen LogP contribution is -2.45. The highest BCUT2D eigenvalue weighted by atomic mass is 16.5. The summed E-state index contributed by atoms with van der Waals surface area (Å²) in [7, 11) is 0. The minimum atomic E-state index is -0.670. The second kappa shape index (κ2) is 51.0. The van der Waals surface area contributed by atoms with Crippen LogP contribution in [0.3, 0.4) is 0 Å². The molecule has 6 nitrogen and oxygen atoms in total. The van der Waals surface area contributed by atoms with E-state index >= 15 is 0 Å². The van der Waals surface area contributed by atoms with E-state index in [1.54, 1.807) is 0 Å². The van der Waals surface area contributed by atoms with Gasteiger partial charge in [-0.05, 0) is 51.4 Å². The van der Waals surface area contributed by atoms with Crippen molar-refractivity contribution in [3.05, 3.63) is 24.3 Å². The minimum absolute atomic E-state index is 0.0145. The van der Waals surface area contributed by atoms with Crippen LogP contribution in [0, 0.1) is 0 Å². The lowest BCUT2D eigenvalue weighted by Gasteiger charge is -2.22. The number of hydrogen-bond donors (Lipinski definition) is 3. The highest BCUT2D eigenvalue weighted by molar-refractivity contribution is 5.76. The van der Waals surface area contributed by atoms with Crippen LogP contribution in [0.25, 0.3) is 0 Å². The van der Waals surface area contributed by atoms with Crippen LogP contribution in [-0.2, 0) is 14.3 Å². The molecule has 0 saturated heterocycles. The summed E-state index contributed by atoms with van der Waals surface area (Å²) in [6.07, 6.45) is 60.0. The molecule has 61 heavy (non-hydrogen) atoms. The number of aliphatic hydroxyl groups excluding tert-OH is 2. The molecule has 0 heterocycles. The standard InChI is InChI=1S/C55H105NO5/c1-3-5-7-9-11-13-15-17-18-20-24-27-31-35-39-43-47-53(58)52(51-57)56-54(59)48-44-40-36-32-28-25-21-19-22-26-30-34-38-42-46-50-61-55(60)49-45-41-37-33-29-23-16-14-12-10-8-6-4-2/h8,10,14,16,52-53,57-58H,3-7,9,11-13,15,17-51H2,1-2H3,(H,56,59)/b10-8-,16-14-. The molecule has 0 bridgehead atoms. The average molecular weight is 860 g/mol.